The number of nitrogens with zero attached hydrogens (tertiary/aromatic N) is 3. The summed E-state index contributed by atoms with van der Waals surface area (Å²) in [5, 5.41) is 9.14. The molecule has 2 rings (SSSR count). The van der Waals surface area contributed by atoms with Crippen LogP contribution in [0.25, 0.3) is 0 Å². The Morgan fingerprint density at radius 3 is 2.33 bits per heavy atom. The molecule has 0 radical (unpaired) electrons. The summed E-state index contributed by atoms with van der Waals surface area (Å²) in [6.45, 7) is 14.0. The van der Waals surface area contributed by atoms with E-state index < -0.39 is 52.7 Å². The Bertz CT molecular complexity index is 1040. The fourth-order valence-electron chi connectivity index (χ4n) is 4.64. The molecule has 2 heterocycles. The molecule has 240 valence electrons. The highest BCUT2D eigenvalue weighted by Crippen LogP contribution is 2.51. The molecule has 0 aromatic carbocycles. The van der Waals surface area contributed by atoms with Crippen molar-refractivity contribution in [1.82, 2.24) is 14.2 Å². The quantitative estimate of drug-likeness (QED) is 0.153. The first-order valence-electron chi connectivity index (χ1n) is 14.5. The molecule has 5 atom stereocenters. The molecule has 15 heteroatoms. The number of hydrogen-bond donors (Lipinski definition) is 1. The SMILES string of the molecule is CCOP(CCCC1OC(n2ccc(=O)[nH]c2=O)C(OCCOC)C1OP(OCCC#N)N(C(C)C)C(C)C)OCC. The zero-order chi connectivity index (χ0) is 31.1. The smallest absolute Gasteiger partial charge is 0.330 e. The number of methoxy groups -OCH3 is 1. The average molecular weight is 635 g/mol. The van der Waals surface area contributed by atoms with E-state index >= 15 is 0 Å². The zero-order valence-electron chi connectivity index (χ0n) is 25.9. The van der Waals surface area contributed by atoms with Gasteiger partial charge in [-0.05, 0) is 54.4 Å². The number of aromatic amines is 1. The molecule has 1 aromatic rings. The van der Waals surface area contributed by atoms with Gasteiger partial charge in [0.2, 0.25) is 0 Å². The number of nitriles is 1. The van der Waals surface area contributed by atoms with Gasteiger partial charge in [0, 0.05) is 37.6 Å². The monoisotopic (exact) mass is 634 g/mol. The van der Waals surface area contributed by atoms with Crippen molar-refractivity contribution in [3.63, 3.8) is 0 Å². The number of rotatable bonds is 21. The third-order valence-electron chi connectivity index (χ3n) is 6.26. The van der Waals surface area contributed by atoms with Gasteiger partial charge in [-0.25, -0.2) is 9.46 Å². The maximum atomic E-state index is 12.9. The van der Waals surface area contributed by atoms with Crippen molar-refractivity contribution >= 4 is 16.9 Å². The van der Waals surface area contributed by atoms with Crippen molar-refractivity contribution in [3.8, 4) is 6.07 Å². The van der Waals surface area contributed by atoms with Crippen LogP contribution < -0.4 is 11.2 Å². The third kappa shape index (κ3) is 11.3. The van der Waals surface area contributed by atoms with Gasteiger partial charge in [0.25, 0.3) is 14.1 Å². The molecule has 42 heavy (non-hydrogen) atoms. The molecule has 0 bridgehead atoms. The Balaban J connectivity index is 2.47. The molecule has 0 aliphatic carbocycles. The van der Waals surface area contributed by atoms with Crippen LogP contribution in [0.4, 0.5) is 0 Å². The lowest BCUT2D eigenvalue weighted by Gasteiger charge is -2.38. The molecular formula is C27H48N4O9P2. The van der Waals surface area contributed by atoms with Gasteiger partial charge in [0.05, 0.1) is 51.6 Å². The molecule has 5 unspecified atom stereocenters. The normalized spacial score (nSPS) is 21.6. The first kappa shape index (κ1) is 36.9. The maximum absolute atomic E-state index is 12.9. The number of aromatic nitrogens is 2. The third-order valence-corrected chi connectivity index (χ3v) is 10.2. The average Bonchev–Trinajstić information content (AvgIpc) is 3.25. The van der Waals surface area contributed by atoms with Crippen molar-refractivity contribution in [1.29, 1.82) is 5.26 Å². The molecule has 0 amide bonds. The Morgan fingerprint density at radius 2 is 1.76 bits per heavy atom. The van der Waals surface area contributed by atoms with Crippen LogP contribution >= 0.6 is 16.9 Å². The highest BCUT2D eigenvalue weighted by Gasteiger charge is 2.49. The van der Waals surface area contributed by atoms with Gasteiger partial charge < -0.3 is 32.3 Å². The predicted molar refractivity (Wildman–Crippen MR) is 161 cm³/mol. The van der Waals surface area contributed by atoms with Crippen LogP contribution in [0.15, 0.2) is 21.9 Å². The predicted octanol–water partition coefficient (Wildman–Crippen LogP) is 4.29. The van der Waals surface area contributed by atoms with Crippen LogP contribution in [-0.2, 0) is 32.3 Å². The Morgan fingerprint density at radius 1 is 1.07 bits per heavy atom. The molecule has 1 saturated heterocycles. The second-order valence-electron chi connectivity index (χ2n) is 10.1. The molecule has 1 aliphatic heterocycles. The van der Waals surface area contributed by atoms with Crippen molar-refractivity contribution in [2.24, 2.45) is 0 Å². The van der Waals surface area contributed by atoms with Gasteiger partial charge in [0.15, 0.2) is 14.6 Å². The van der Waals surface area contributed by atoms with Crippen LogP contribution in [0.3, 0.4) is 0 Å². The van der Waals surface area contributed by atoms with Crippen molar-refractivity contribution in [2.45, 2.75) is 97.4 Å². The van der Waals surface area contributed by atoms with Crippen LogP contribution in [0.5, 0.6) is 0 Å². The van der Waals surface area contributed by atoms with E-state index in [-0.39, 0.29) is 31.7 Å². The minimum absolute atomic E-state index is 0.0883. The van der Waals surface area contributed by atoms with E-state index in [0.29, 0.717) is 32.4 Å². The van der Waals surface area contributed by atoms with Crippen molar-refractivity contribution in [2.75, 3.05) is 46.3 Å². The lowest BCUT2D eigenvalue weighted by atomic mass is 10.1. The molecule has 1 N–H and O–H groups in total. The molecule has 13 nitrogen and oxygen atoms in total. The van der Waals surface area contributed by atoms with E-state index in [1.165, 1.54) is 16.8 Å². The van der Waals surface area contributed by atoms with Gasteiger partial charge in [-0.3, -0.25) is 14.3 Å². The second kappa shape index (κ2) is 19.9. The van der Waals surface area contributed by atoms with Crippen molar-refractivity contribution < 1.29 is 32.3 Å². The molecular weight excluding hydrogens is 586 g/mol. The summed E-state index contributed by atoms with van der Waals surface area (Å²) >= 11 is 0. The fourth-order valence-corrected chi connectivity index (χ4v) is 7.76. The van der Waals surface area contributed by atoms with Crippen LogP contribution in [0.2, 0.25) is 0 Å². The summed E-state index contributed by atoms with van der Waals surface area (Å²) in [6.07, 6.45) is 0.924. The Kier molecular flexibility index (Phi) is 17.5. The summed E-state index contributed by atoms with van der Waals surface area (Å²) in [5.74, 6) is 0. The Labute approximate surface area is 251 Å². The highest BCUT2D eigenvalue weighted by atomic mass is 31.2. The van der Waals surface area contributed by atoms with E-state index in [2.05, 4.69) is 43.4 Å². The summed E-state index contributed by atoms with van der Waals surface area (Å²) in [7, 11) is -1.09. The van der Waals surface area contributed by atoms with Gasteiger partial charge in [0.1, 0.15) is 12.2 Å². The number of nitrogens with one attached hydrogen (secondary N) is 1. The van der Waals surface area contributed by atoms with Gasteiger partial charge in [-0.2, -0.15) is 5.26 Å². The zero-order valence-corrected chi connectivity index (χ0v) is 27.7. The number of ether oxygens (including phenoxy) is 3. The Hall–Kier alpha value is -1.29. The van der Waals surface area contributed by atoms with Crippen LogP contribution in [-0.4, -0.2) is 90.9 Å². The van der Waals surface area contributed by atoms with E-state index in [9.17, 15) is 9.59 Å². The molecule has 1 aromatic heterocycles. The van der Waals surface area contributed by atoms with Gasteiger partial charge in [-0.1, -0.05) is 0 Å². The molecule has 1 fully saturated rings. The number of H-pyrrole nitrogens is 1. The first-order valence-corrected chi connectivity index (χ1v) is 17.0. The summed E-state index contributed by atoms with van der Waals surface area (Å²) in [6, 6.07) is 3.57. The van der Waals surface area contributed by atoms with Crippen molar-refractivity contribution in [3.05, 3.63) is 33.1 Å². The van der Waals surface area contributed by atoms with E-state index in [1.807, 2.05) is 13.8 Å². The topological polar surface area (TPSA) is 146 Å². The summed E-state index contributed by atoms with van der Waals surface area (Å²) < 4.78 is 46.0. The van der Waals surface area contributed by atoms with E-state index in [1.54, 1.807) is 7.11 Å². The number of hydrogen-bond acceptors (Lipinski definition) is 11. The maximum Gasteiger partial charge on any atom is 0.330 e. The highest BCUT2D eigenvalue weighted by molar-refractivity contribution is 7.47. The van der Waals surface area contributed by atoms with E-state index in [4.69, 9.17) is 37.6 Å². The lowest BCUT2D eigenvalue weighted by molar-refractivity contribution is -0.0788. The standard InChI is InChI=1S/C27H48N4O9P2/c1-8-36-41(37-9-2)19-10-12-22-24(40-42(38-16-11-14-28)31(20(3)4)21(5)6)25(35-18-17-34-7)26(39-22)30-15-13-23(32)29-27(30)33/h13,15,20-22,24-26H,8-12,16-19H2,1-7H3,(H,29,32,33). The van der Waals surface area contributed by atoms with Gasteiger partial charge in [-0.15, -0.1) is 0 Å². The largest absolute Gasteiger partial charge is 0.382 e. The minimum atomic E-state index is -1.64. The summed E-state index contributed by atoms with van der Waals surface area (Å²) in [4.78, 5) is 27.0. The van der Waals surface area contributed by atoms with E-state index in [0.717, 1.165) is 6.42 Å². The molecule has 1 aliphatic rings. The van der Waals surface area contributed by atoms with Crippen LogP contribution in [0, 0.1) is 11.3 Å². The first-order chi connectivity index (χ1) is 20.2. The molecule has 0 spiro atoms. The minimum Gasteiger partial charge on any atom is -0.382 e. The van der Waals surface area contributed by atoms with Crippen LogP contribution in [0.1, 0.15) is 67.0 Å². The second-order valence-corrected chi connectivity index (χ2v) is 13.1. The summed E-state index contributed by atoms with van der Waals surface area (Å²) in [5.41, 5.74) is -1.11. The lowest BCUT2D eigenvalue weighted by Crippen LogP contribution is -2.42. The fraction of sp³-hybridized carbons (Fsp3) is 0.815. The van der Waals surface area contributed by atoms with Gasteiger partial charge >= 0.3 is 5.69 Å². The molecule has 0 saturated carbocycles.